The second kappa shape index (κ2) is 10.7. The van der Waals surface area contributed by atoms with Crippen LogP contribution >= 0.6 is 0 Å². The van der Waals surface area contributed by atoms with Crippen LogP contribution in [-0.2, 0) is 0 Å². The van der Waals surface area contributed by atoms with Crippen molar-refractivity contribution in [3.63, 3.8) is 0 Å². The van der Waals surface area contributed by atoms with Gasteiger partial charge in [0.25, 0.3) is 0 Å². The van der Waals surface area contributed by atoms with Gasteiger partial charge >= 0.3 is 0 Å². The van der Waals surface area contributed by atoms with Crippen LogP contribution in [0.25, 0.3) is 0 Å². The Hall–Kier alpha value is -0.700. The van der Waals surface area contributed by atoms with Crippen molar-refractivity contribution in [2.45, 2.75) is 110 Å². The van der Waals surface area contributed by atoms with E-state index in [0.717, 1.165) is 35.5 Å². The highest BCUT2D eigenvalue weighted by molar-refractivity contribution is 5.09. The molecule has 0 aromatic heterocycles. The molecule has 3 saturated carbocycles. The van der Waals surface area contributed by atoms with Crippen molar-refractivity contribution in [2.75, 3.05) is 0 Å². The number of hydrogen-bond acceptors (Lipinski definition) is 0. The molecule has 152 valence electrons. The normalized spacial score (nSPS) is 37.3. The highest BCUT2D eigenvalue weighted by atomic mass is 14.3. The Morgan fingerprint density at radius 3 is 1.56 bits per heavy atom. The summed E-state index contributed by atoms with van der Waals surface area (Å²) >= 11 is 0. The van der Waals surface area contributed by atoms with Crippen LogP contribution in [0.4, 0.5) is 0 Å². The van der Waals surface area contributed by atoms with Gasteiger partial charge < -0.3 is 0 Å². The first-order valence-corrected chi connectivity index (χ1v) is 12.2. The smallest absolute Gasteiger partial charge is 0.0203 e. The van der Waals surface area contributed by atoms with Gasteiger partial charge in [-0.05, 0) is 101 Å². The molecule has 0 aromatic carbocycles. The second-order valence-corrected chi connectivity index (χ2v) is 10.6. The van der Waals surface area contributed by atoms with Crippen LogP contribution in [-0.4, -0.2) is 0 Å². The van der Waals surface area contributed by atoms with Gasteiger partial charge in [0.05, 0.1) is 0 Å². The maximum Gasteiger partial charge on any atom is 0.0203 e. The minimum atomic E-state index is 0.721. The molecule has 0 saturated heterocycles. The molecule has 0 unspecified atom stereocenters. The fourth-order valence-electron chi connectivity index (χ4n) is 5.92. The molecule has 3 fully saturated rings. The van der Waals surface area contributed by atoms with Crippen molar-refractivity contribution in [1.29, 1.82) is 0 Å². The van der Waals surface area contributed by atoms with E-state index >= 15 is 0 Å². The summed E-state index contributed by atoms with van der Waals surface area (Å²) in [6.45, 7) is 8.70. The zero-order valence-corrected chi connectivity index (χ0v) is 18.3. The Morgan fingerprint density at radius 1 is 0.667 bits per heavy atom. The van der Waals surface area contributed by atoms with Crippen LogP contribution in [0.15, 0.2) is 12.2 Å². The van der Waals surface area contributed by atoms with Crippen molar-refractivity contribution >= 4 is 0 Å². The molecule has 0 heterocycles. The first-order chi connectivity index (χ1) is 13.1. The van der Waals surface area contributed by atoms with Crippen LogP contribution in [0.5, 0.6) is 0 Å². The summed E-state index contributed by atoms with van der Waals surface area (Å²) in [6, 6.07) is 0. The molecule has 0 spiro atoms. The molecule has 3 rings (SSSR count). The van der Waals surface area contributed by atoms with Crippen molar-refractivity contribution in [1.82, 2.24) is 0 Å². The Morgan fingerprint density at radius 2 is 1.07 bits per heavy atom. The summed E-state index contributed by atoms with van der Waals surface area (Å²) in [6.07, 6.45) is 21.3. The topological polar surface area (TPSA) is 0 Å². The maximum absolute atomic E-state index is 4.10. The molecule has 0 radical (unpaired) electrons. The van der Waals surface area contributed by atoms with Crippen molar-refractivity contribution < 1.29 is 0 Å². The van der Waals surface area contributed by atoms with Crippen molar-refractivity contribution in [2.24, 2.45) is 35.5 Å². The zero-order valence-electron chi connectivity index (χ0n) is 18.3. The van der Waals surface area contributed by atoms with E-state index in [9.17, 15) is 0 Å². The Kier molecular flexibility index (Phi) is 8.36. The molecule has 0 aliphatic heterocycles. The van der Waals surface area contributed by atoms with Gasteiger partial charge in [0, 0.05) is 11.8 Å². The largest absolute Gasteiger partial charge is 0.100 e. The molecule has 0 aromatic rings. The predicted octanol–water partition coefficient (Wildman–Crippen LogP) is 8.18. The highest BCUT2D eigenvalue weighted by Crippen LogP contribution is 2.38. The molecule has 3 aliphatic rings. The fourth-order valence-corrected chi connectivity index (χ4v) is 5.92. The van der Waals surface area contributed by atoms with E-state index in [0.29, 0.717) is 0 Å². The SMILES string of the molecule is C=C(C)CC1CCC(CCC2CCC(C#CC3CCC(C)CC3)CC2)CC1. The van der Waals surface area contributed by atoms with Crippen LogP contribution in [0, 0.1) is 47.3 Å². The van der Waals surface area contributed by atoms with Gasteiger partial charge in [-0.2, -0.15) is 0 Å². The minimum Gasteiger partial charge on any atom is -0.100 e. The standard InChI is InChI=1S/C27H44/c1-21(2)20-27-18-16-26(17-19-27)15-14-25-12-10-24(11-13-25)9-8-23-6-4-22(3)5-7-23/h22-27H,1,4-7,10-20H2,2-3H3. The summed E-state index contributed by atoms with van der Waals surface area (Å²) < 4.78 is 0. The third-order valence-corrected chi connectivity index (χ3v) is 7.94. The van der Waals surface area contributed by atoms with E-state index in [1.807, 2.05) is 0 Å². The lowest BCUT2D eigenvalue weighted by Gasteiger charge is -2.31. The molecule has 0 atom stereocenters. The summed E-state index contributed by atoms with van der Waals surface area (Å²) in [5, 5.41) is 0. The second-order valence-electron chi connectivity index (χ2n) is 10.6. The number of rotatable bonds is 5. The van der Waals surface area contributed by atoms with Crippen LogP contribution < -0.4 is 0 Å². The van der Waals surface area contributed by atoms with Gasteiger partial charge in [-0.25, -0.2) is 0 Å². The highest BCUT2D eigenvalue weighted by Gasteiger charge is 2.24. The summed E-state index contributed by atoms with van der Waals surface area (Å²) in [7, 11) is 0. The van der Waals surface area contributed by atoms with Gasteiger partial charge in [0.15, 0.2) is 0 Å². The fraction of sp³-hybridized carbons (Fsp3) is 0.852. The van der Waals surface area contributed by atoms with Crippen LogP contribution in [0.2, 0.25) is 0 Å². The van der Waals surface area contributed by atoms with Gasteiger partial charge in [-0.1, -0.05) is 50.0 Å². The maximum atomic E-state index is 4.10. The average Bonchev–Trinajstić information content (AvgIpc) is 2.67. The van der Waals surface area contributed by atoms with E-state index in [4.69, 9.17) is 0 Å². The van der Waals surface area contributed by atoms with E-state index in [1.165, 1.54) is 102 Å². The Labute approximate surface area is 170 Å². The van der Waals surface area contributed by atoms with Crippen LogP contribution in [0.3, 0.4) is 0 Å². The minimum absolute atomic E-state index is 0.721. The lowest BCUT2D eigenvalue weighted by molar-refractivity contribution is 0.227. The van der Waals surface area contributed by atoms with Gasteiger partial charge in [-0.3, -0.25) is 0 Å². The molecular formula is C27H44. The van der Waals surface area contributed by atoms with Gasteiger partial charge in [0.2, 0.25) is 0 Å². The molecule has 0 bridgehead atoms. The molecule has 27 heavy (non-hydrogen) atoms. The summed E-state index contributed by atoms with van der Waals surface area (Å²) in [4.78, 5) is 0. The summed E-state index contributed by atoms with van der Waals surface area (Å²) in [5.41, 5.74) is 1.39. The number of allylic oxidation sites excluding steroid dienone is 1. The summed E-state index contributed by atoms with van der Waals surface area (Å²) in [5.74, 6) is 12.7. The van der Waals surface area contributed by atoms with E-state index in [1.54, 1.807) is 0 Å². The van der Waals surface area contributed by atoms with E-state index in [-0.39, 0.29) is 0 Å². The molecule has 0 N–H and O–H groups in total. The number of hydrogen-bond donors (Lipinski definition) is 0. The van der Waals surface area contributed by atoms with Crippen LogP contribution in [0.1, 0.15) is 110 Å². The third kappa shape index (κ3) is 7.33. The molecule has 0 amide bonds. The lowest BCUT2D eigenvalue weighted by atomic mass is 9.74. The van der Waals surface area contributed by atoms with Gasteiger partial charge in [-0.15, -0.1) is 6.58 Å². The zero-order chi connectivity index (χ0) is 19.1. The van der Waals surface area contributed by atoms with Gasteiger partial charge in [0.1, 0.15) is 0 Å². The first-order valence-electron chi connectivity index (χ1n) is 12.2. The van der Waals surface area contributed by atoms with Crippen molar-refractivity contribution in [3.05, 3.63) is 12.2 Å². The third-order valence-electron chi connectivity index (χ3n) is 7.94. The molecule has 0 nitrogen and oxygen atoms in total. The molecule has 3 aliphatic carbocycles. The van der Waals surface area contributed by atoms with Crippen molar-refractivity contribution in [3.8, 4) is 11.8 Å². The molecule has 0 heteroatoms. The quantitative estimate of drug-likeness (QED) is 0.339. The monoisotopic (exact) mass is 368 g/mol. The van der Waals surface area contributed by atoms with E-state index < -0.39 is 0 Å². The Balaban J connectivity index is 1.28. The lowest BCUT2D eigenvalue weighted by Crippen LogP contribution is -2.18. The average molecular weight is 369 g/mol. The molecular weight excluding hydrogens is 324 g/mol. The van der Waals surface area contributed by atoms with E-state index in [2.05, 4.69) is 32.3 Å². The first kappa shape index (κ1) is 21.0. The Bertz CT molecular complexity index is 494. The predicted molar refractivity (Wildman–Crippen MR) is 118 cm³/mol.